The number of hydrogen-bond donors (Lipinski definition) is 2. The Hall–Kier alpha value is -1.99. The SMILES string of the molecule is Cc1ccc(N2CCC(C(=O)N[C@H](CN3CCCC3)[C@H](O)c3cc(Cl)c(OC4CC4)c(Cl)c3)C2)cc1. The number of hydrogen-bond acceptors (Lipinski definition) is 5. The largest absolute Gasteiger partial charge is 0.487 e. The van der Waals surface area contributed by atoms with Crippen molar-refractivity contribution in [2.24, 2.45) is 5.92 Å². The third kappa shape index (κ3) is 6.10. The highest BCUT2D eigenvalue weighted by Gasteiger charge is 2.34. The van der Waals surface area contributed by atoms with Gasteiger partial charge >= 0.3 is 0 Å². The lowest BCUT2D eigenvalue weighted by Crippen LogP contribution is -2.48. The molecule has 0 bridgehead atoms. The third-order valence-corrected chi connectivity index (χ3v) is 8.05. The normalized spacial score (nSPS) is 22.0. The summed E-state index contributed by atoms with van der Waals surface area (Å²) in [5.74, 6) is 0.332. The molecule has 3 fully saturated rings. The van der Waals surface area contributed by atoms with Crippen molar-refractivity contribution in [3.63, 3.8) is 0 Å². The van der Waals surface area contributed by atoms with Gasteiger partial charge in [-0.1, -0.05) is 40.9 Å². The Morgan fingerprint density at radius 3 is 2.39 bits per heavy atom. The third-order valence-electron chi connectivity index (χ3n) is 7.49. The Bertz CT molecular complexity index is 1050. The van der Waals surface area contributed by atoms with Gasteiger partial charge in [-0.15, -0.1) is 0 Å². The second kappa shape index (κ2) is 11.2. The summed E-state index contributed by atoms with van der Waals surface area (Å²) in [5, 5.41) is 15.4. The van der Waals surface area contributed by atoms with Crippen LogP contribution in [0, 0.1) is 12.8 Å². The van der Waals surface area contributed by atoms with Crippen molar-refractivity contribution in [3.8, 4) is 5.75 Å². The van der Waals surface area contributed by atoms with E-state index in [1.165, 1.54) is 5.56 Å². The minimum Gasteiger partial charge on any atom is -0.487 e. The number of ether oxygens (including phenoxy) is 1. The highest BCUT2D eigenvalue weighted by atomic mass is 35.5. The number of halogens is 2. The summed E-state index contributed by atoms with van der Waals surface area (Å²) in [6.45, 7) is 6.11. The van der Waals surface area contributed by atoms with E-state index in [2.05, 4.69) is 46.3 Å². The van der Waals surface area contributed by atoms with Crippen LogP contribution in [-0.4, -0.2) is 60.8 Å². The predicted molar refractivity (Wildman–Crippen MR) is 144 cm³/mol. The summed E-state index contributed by atoms with van der Waals surface area (Å²) in [4.78, 5) is 17.9. The zero-order valence-electron chi connectivity index (χ0n) is 20.8. The van der Waals surface area contributed by atoms with Gasteiger partial charge in [-0.25, -0.2) is 0 Å². The monoisotopic (exact) mass is 531 g/mol. The molecule has 2 aliphatic heterocycles. The Labute approximate surface area is 223 Å². The minimum absolute atomic E-state index is 0.0151. The van der Waals surface area contributed by atoms with Crippen molar-refractivity contribution in [2.75, 3.05) is 37.6 Å². The van der Waals surface area contributed by atoms with Gasteiger partial charge in [-0.3, -0.25) is 4.79 Å². The van der Waals surface area contributed by atoms with Crippen molar-refractivity contribution >= 4 is 34.8 Å². The standard InChI is InChI=1S/C28H35Cl2N3O3/c1-18-4-6-21(7-5-18)33-13-10-19(16-33)28(35)31-25(17-32-11-2-3-12-32)26(34)20-14-23(29)27(24(30)15-20)36-22-8-9-22/h4-7,14-15,19,22,25-26,34H,2-3,8-13,16-17H2,1H3,(H,31,35)/t19?,25-,26-/m1/s1. The van der Waals surface area contributed by atoms with Gasteiger partial charge in [-0.05, 0) is 81.9 Å². The molecule has 5 rings (SSSR count). The molecule has 2 aromatic carbocycles. The van der Waals surface area contributed by atoms with E-state index in [4.69, 9.17) is 27.9 Å². The molecule has 36 heavy (non-hydrogen) atoms. The Morgan fingerprint density at radius 1 is 1.08 bits per heavy atom. The zero-order valence-corrected chi connectivity index (χ0v) is 22.3. The van der Waals surface area contributed by atoms with Gasteiger partial charge in [0.25, 0.3) is 0 Å². The molecule has 1 unspecified atom stereocenters. The fourth-order valence-electron chi connectivity index (χ4n) is 5.18. The maximum absolute atomic E-state index is 13.4. The number of aliphatic hydroxyl groups excluding tert-OH is 1. The topological polar surface area (TPSA) is 65.0 Å². The molecular weight excluding hydrogens is 497 g/mol. The molecule has 2 N–H and O–H groups in total. The fourth-order valence-corrected chi connectivity index (χ4v) is 5.77. The van der Waals surface area contributed by atoms with Gasteiger partial charge < -0.3 is 25.0 Å². The number of aryl methyl sites for hydroxylation is 1. The van der Waals surface area contributed by atoms with Gasteiger partial charge in [0.1, 0.15) is 6.10 Å². The summed E-state index contributed by atoms with van der Waals surface area (Å²) in [7, 11) is 0. The quantitative estimate of drug-likeness (QED) is 0.477. The Balaban J connectivity index is 1.29. The van der Waals surface area contributed by atoms with Crippen molar-refractivity contribution < 1.29 is 14.6 Å². The molecule has 2 aromatic rings. The lowest BCUT2D eigenvalue weighted by molar-refractivity contribution is -0.126. The van der Waals surface area contributed by atoms with Crippen LogP contribution in [0.2, 0.25) is 10.0 Å². The molecular formula is C28H35Cl2N3O3. The fraction of sp³-hybridized carbons (Fsp3) is 0.536. The van der Waals surface area contributed by atoms with E-state index >= 15 is 0 Å². The van der Waals surface area contributed by atoms with Crippen LogP contribution in [-0.2, 0) is 4.79 Å². The van der Waals surface area contributed by atoms with Crippen LogP contribution in [0.4, 0.5) is 5.69 Å². The molecule has 3 atom stereocenters. The second-order valence-corrected chi connectivity index (χ2v) is 11.3. The first-order chi connectivity index (χ1) is 17.4. The molecule has 1 aliphatic carbocycles. The maximum Gasteiger partial charge on any atom is 0.225 e. The smallest absolute Gasteiger partial charge is 0.225 e. The van der Waals surface area contributed by atoms with Gasteiger partial charge in [-0.2, -0.15) is 0 Å². The van der Waals surface area contributed by atoms with E-state index in [1.807, 2.05) is 0 Å². The van der Waals surface area contributed by atoms with Crippen molar-refractivity contribution in [1.29, 1.82) is 0 Å². The van der Waals surface area contributed by atoms with Gasteiger partial charge in [0, 0.05) is 25.3 Å². The van der Waals surface area contributed by atoms with Crippen molar-refractivity contribution in [2.45, 2.75) is 57.3 Å². The average molecular weight is 533 g/mol. The molecule has 0 spiro atoms. The zero-order chi connectivity index (χ0) is 25.2. The molecule has 3 aliphatic rings. The maximum atomic E-state index is 13.4. The number of carbonyl (C=O) groups excluding carboxylic acids is 1. The number of benzene rings is 2. The molecule has 1 saturated carbocycles. The van der Waals surface area contributed by atoms with Crippen LogP contribution in [0.3, 0.4) is 0 Å². The highest BCUT2D eigenvalue weighted by Crippen LogP contribution is 2.40. The van der Waals surface area contributed by atoms with E-state index in [0.717, 1.165) is 57.4 Å². The first-order valence-corrected chi connectivity index (χ1v) is 13.8. The molecule has 194 valence electrons. The number of nitrogens with one attached hydrogen (secondary N) is 1. The van der Waals surface area contributed by atoms with Crippen LogP contribution in [0.5, 0.6) is 5.75 Å². The molecule has 6 nitrogen and oxygen atoms in total. The average Bonchev–Trinajstić information content (AvgIpc) is 3.29. The van der Waals surface area contributed by atoms with Crippen LogP contribution in [0.1, 0.15) is 49.3 Å². The van der Waals surface area contributed by atoms with Crippen LogP contribution < -0.4 is 15.0 Å². The minimum atomic E-state index is -0.936. The lowest BCUT2D eigenvalue weighted by Gasteiger charge is -2.30. The lowest BCUT2D eigenvalue weighted by atomic mass is 9.99. The first kappa shape index (κ1) is 25.7. The van der Waals surface area contributed by atoms with E-state index in [9.17, 15) is 9.90 Å². The Morgan fingerprint density at radius 2 is 1.75 bits per heavy atom. The molecule has 1 amide bonds. The summed E-state index contributed by atoms with van der Waals surface area (Å²) in [6.07, 6.45) is 4.30. The van der Waals surface area contributed by atoms with Crippen molar-refractivity contribution in [3.05, 3.63) is 57.6 Å². The van der Waals surface area contributed by atoms with Crippen LogP contribution >= 0.6 is 23.2 Å². The second-order valence-electron chi connectivity index (χ2n) is 10.5. The summed E-state index contributed by atoms with van der Waals surface area (Å²) in [5.41, 5.74) is 2.95. The van der Waals surface area contributed by atoms with Crippen molar-refractivity contribution in [1.82, 2.24) is 10.2 Å². The molecule has 0 radical (unpaired) electrons. The van der Waals surface area contributed by atoms with E-state index in [0.29, 0.717) is 34.4 Å². The number of carbonyl (C=O) groups is 1. The number of aliphatic hydroxyl groups is 1. The van der Waals surface area contributed by atoms with Gasteiger partial charge in [0.15, 0.2) is 5.75 Å². The van der Waals surface area contributed by atoms with Crippen LogP contribution in [0.25, 0.3) is 0 Å². The number of anilines is 1. The van der Waals surface area contributed by atoms with Gasteiger partial charge in [0.2, 0.25) is 5.91 Å². The number of nitrogens with zero attached hydrogens (tertiary/aromatic N) is 2. The number of amides is 1. The van der Waals surface area contributed by atoms with Gasteiger partial charge in [0.05, 0.1) is 28.1 Å². The molecule has 2 saturated heterocycles. The summed E-state index contributed by atoms with van der Waals surface area (Å²) < 4.78 is 5.85. The van der Waals surface area contributed by atoms with E-state index in [-0.39, 0.29) is 17.9 Å². The molecule has 8 heteroatoms. The van der Waals surface area contributed by atoms with Crippen LogP contribution in [0.15, 0.2) is 36.4 Å². The predicted octanol–water partition coefficient (Wildman–Crippen LogP) is 4.98. The number of rotatable bonds is 9. The number of likely N-dealkylation sites (tertiary alicyclic amines) is 1. The van der Waals surface area contributed by atoms with E-state index in [1.54, 1.807) is 12.1 Å². The Kier molecular flexibility index (Phi) is 7.96. The highest BCUT2D eigenvalue weighted by molar-refractivity contribution is 6.37. The van der Waals surface area contributed by atoms with E-state index < -0.39 is 12.1 Å². The molecule has 0 aromatic heterocycles. The summed E-state index contributed by atoms with van der Waals surface area (Å²) >= 11 is 13.0. The summed E-state index contributed by atoms with van der Waals surface area (Å²) in [6, 6.07) is 11.4. The first-order valence-electron chi connectivity index (χ1n) is 13.1. The molecule has 2 heterocycles.